The number of nitrogens with one attached hydrogen (secondary N) is 1. The van der Waals surface area contributed by atoms with E-state index in [9.17, 15) is 4.79 Å². The maximum absolute atomic E-state index is 12.1. The summed E-state index contributed by atoms with van der Waals surface area (Å²) in [5.41, 5.74) is 3.68. The van der Waals surface area contributed by atoms with Crippen LogP contribution in [-0.4, -0.2) is 5.91 Å². The van der Waals surface area contributed by atoms with E-state index in [1.54, 1.807) is 0 Å². The van der Waals surface area contributed by atoms with Gasteiger partial charge in [0.2, 0.25) is 5.91 Å². The molecule has 2 heteroatoms. The monoisotopic (exact) mass is 265 g/mol. The largest absolute Gasteiger partial charge is 0.352 e. The van der Waals surface area contributed by atoms with E-state index >= 15 is 0 Å². The first kappa shape index (κ1) is 12.9. The number of aryl methyl sites for hydroxylation is 1. The lowest BCUT2D eigenvalue weighted by molar-refractivity contribution is -0.122. The lowest BCUT2D eigenvalue weighted by Crippen LogP contribution is -2.24. The molecule has 0 aliphatic heterocycles. The predicted molar refractivity (Wildman–Crippen MR) is 80.3 cm³/mol. The maximum atomic E-state index is 12.1. The van der Waals surface area contributed by atoms with Crippen LogP contribution in [0.5, 0.6) is 0 Å². The van der Waals surface area contributed by atoms with Gasteiger partial charge in [0.25, 0.3) is 0 Å². The minimum atomic E-state index is 0.155. The van der Waals surface area contributed by atoms with Crippen molar-refractivity contribution in [1.82, 2.24) is 5.32 Å². The number of amides is 1. The van der Waals surface area contributed by atoms with Gasteiger partial charge in [-0.05, 0) is 30.4 Å². The molecule has 102 valence electrons. The van der Waals surface area contributed by atoms with Crippen molar-refractivity contribution in [3.63, 3.8) is 0 Å². The fourth-order valence-electron chi connectivity index (χ4n) is 2.58. The standard InChI is InChI=1S/C18H19NO/c1-13-7-9-14(10-8-13)12-19-18(20)17-11-16(17)15-5-3-2-4-6-15/h2-10,16-17H,11-12H2,1H3,(H,19,20)/t16-,17-/m1/s1. The van der Waals surface area contributed by atoms with Gasteiger partial charge in [-0.1, -0.05) is 60.2 Å². The summed E-state index contributed by atoms with van der Waals surface area (Å²) in [6, 6.07) is 18.6. The van der Waals surface area contributed by atoms with Gasteiger partial charge in [-0.3, -0.25) is 4.79 Å². The summed E-state index contributed by atoms with van der Waals surface area (Å²) < 4.78 is 0. The second kappa shape index (κ2) is 5.49. The van der Waals surface area contributed by atoms with Crippen molar-refractivity contribution in [2.24, 2.45) is 5.92 Å². The molecule has 0 bridgehead atoms. The van der Waals surface area contributed by atoms with E-state index in [-0.39, 0.29) is 11.8 Å². The van der Waals surface area contributed by atoms with Gasteiger partial charge in [-0.2, -0.15) is 0 Å². The first-order valence-corrected chi connectivity index (χ1v) is 7.12. The number of hydrogen-bond acceptors (Lipinski definition) is 1. The van der Waals surface area contributed by atoms with Gasteiger partial charge < -0.3 is 5.32 Å². The zero-order valence-corrected chi connectivity index (χ0v) is 11.7. The molecule has 0 heterocycles. The summed E-state index contributed by atoms with van der Waals surface area (Å²) in [5, 5.41) is 3.04. The normalized spacial score (nSPS) is 20.4. The van der Waals surface area contributed by atoms with Crippen LogP contribution in [0.25, 0.3) is 0 Å². The molecule has 3 rings (SSSR count). The molecule has 1 fully saturated rings. The zero-order chi connectivity index (χ0) is 13.9. The molecule has 2 nitrogen and oxygen atoms in total. The van der Waals surface area contributed by atoms with Crippen LogP contribution in [0.1, 0.15) is 29.0 Å². The molecule has 1 amide bonds. The van der Waals surface area contributed by atoms with E-state index in [0.717, 1.165) is 12.0 Å². The van der Waals surface area contributed by atoms with Crippen molar-refractivity contribution in [3.8, 4) is 0 Å². The molecule has 1 aliphatic carbocycles. The van der Waals surface area contributed by atoms with Crippen LogP contribution in [0, 0.1) is 12.8 Å². The van der Waals surface area contributed by atoms with Crippen molar-refractivity contribution < 1.29 is 4.79 Å². The Morgan fingerprint density at radius 2 is 1.80 bits per heavy atom. The van der Waals surface area contributed by atoms with Gasteiger partial charge >= 0.3 is 0 Å². The molecule has 0 saturated heterocycles. The Hall–Kier alpha value is -2.09. The van der Waals surface area contributed by atoms with Gasteiger partial charge in [-0.25, -0.2) is 0 Å². The summed E-state index contributed by atoms with van der Waals surface area (Å²) >= 11 is 0. The zero-order valence-electron chi connectivity index (χ0n) is 11.7. The number of hydrogen-bond donors (Lipinski definition) is 1. The highest BCUT2D eigenvalue weighted by Crippen LogP contribution is 2.47. The van der Waals surface area contributed by atoms with Gasteiger partial charge in [0, 0.05) is 12.5 Å². The second-order valence-electron chi connectivity index (χ2n) is 5.56. The topological polar surface area (TPSA) is 29.1 Å². The van der Waals surface area contributed by atoms with Crippen LogP contribution in [0.3, 0.4) is 0 Å². The molecular formula is C18H19NO. The average molecular weight is 265 g/mol. The van der Waals surface area contributed by atoms with Crippen molar-refractivity contribution in [2.75, 3.05) is 0 Å². The fourth-order valence-corrected chi connectivity index (χ4v) is 2.58. The highest BCUT2D eigenvalue weighted by atomic mass is 16.2. The molecule has 1 saturated carbocycles. The Morgan fingerprint density at radius 1 is 1.10 bits per heavy atom. The third kappa shape index (κ3) is 2.90. The summed E-state index contributed by atoms with van der Waals surface area (Å²) in [6.07, 6.45) is 0.976. The number of carbonyl (C=O) groups excluding carboxylic acids is 1. The Labute approximate surface area is 119 Å². The first-order valence-electron chi connectivity index (χ1n) is 7.12. The number of carbonyl (C=O) groups is 1. The van der Waals surface area contributed by atoms with Crippen LogP contribution < -0.4 is 5.32 Å². The molecule has 0 radical (unpaired) electrons. The van der Waals surface area contributed by atoms with E-state index in [1.165, 1.54) is 11.1 Å². The first-order chi connectivity index (χ1) is 9.74. The molecule has 2 aromatic carbocycles. The summed E-state index contributed by atoms with van der Waals surface area (Å²) in [4.78, 5) is 12.1. The highest BCUT2D eigenvalue weighted by Gasteiger charge is 2.43. The Bertz CT molecular complexity index is 589. The van der Waals surface area contributed by atoms with Crippen molar-refractivity contribution in [1.29, 1.82) is 0 Å². The van der Waals surface area contributed by atoms with E-state index < -0.39 is 0 Å². The molecule has 1 aliphatic rings. The molecule has 0 spiro atoms. The van der Waals surface area contributed by atoms with Crippen molar-refractivity contribution in [2.45, 2.75) is 25.8 Å². The van der Waals surface area contributed by atoms with E-state index in [0.29, 0.717) is 12.5 Å². The van der Waals surface area contributed by atoms with E-state index in [1.807, 2.05) is 18.2 Å². The molecule has 0 aromatic heterocycles. The molecule has 0 unspecified atom stereocenters. The number of benzene rings is 2. The molecular weight excluding hydrogens is 246 g/mol. The maximum Gasteiger partial charge on any atom is 0.224 e. The van der Waals surface area contributed by atoms with Crippen molar-refractivity contribution in [3.05, 3.63) is 71.3 Å². The smallest absolute Gasteiger partial charge is 0.224 e. The van der Waals surface area contributed by atoms with E-state index in [4.69, 9.17) is 0 Å². The highest BCUT2D eigenvalue weighted by molar-refractivity contribution is 5.82. The SMILES string of the molecule is Cc1ccc(CNC(=O)[C@@H]2C[C@@H]2c2ccccc2)cc1. The van der Waals surface area contributed by atoms with Crippen LogP contribution in [-0.2, 0) is 11.3 Å². The van der Waals surface area contributed by atoms with Gasteiger partial charge in [-0.15, -0.1) is 0 Å². The van der Waals surface area contributed by atoms with Crippen LogP contribution >= 0.6 is 0 Å². The molecule has 20 heavy (non-hydrogen) atoms. The van der Waals surface area contributed by atoms with Crippen LogP contribution in [0.15, 0.2) is 54.6 Å². The summed E-state index contributed by atoms with van der Waals surface area (Å²) in [7, 11) is 0. The average Bonchev–Trinajstić information content (AvgIpc) is 3.28. The lowest BCUT2D eigenvalue weighted by Gasteiger charge is -2.05. The fraction of sp³-hybridized carbons (Fsp3) is 0.278. The lowest BCUT2D eigenvalue weighted by atomic mass is 10.1. The quantitative estimate of drug-likeness (QED) is 0.901. The molecule has 1 N–H and O–H groups in total. The van der Waals surface area contributed by atoms with Crippen LogP contribution in [0.2, 0.25) is 0 Å². The Balaban J connectivity index is 1.53. The Morgan fingerprint density at radius 3 is 2.50 bits per heavy atom. The summed E-state index contributed by atoms with van der Waals surface area (Å²) in [5.74, 6) is 0.747. The van der Waals surface area contributed by atoms with Crippen LogP contribution in [0.4, 0.5) is 0 Å². The minimum Gasteiger partial charge on any atom is -0.352 e. The third-order valence-electron chi connectivity index (χ3n) is 3.94. The molecule has 2 atom stereocenters. The number of rotatable bonds is 4. The minimum absolute atomic E-state index is 0.155. The van der Waals surface area contributed by atoms with Gasteiger partial charge in [0.1, 0.15) is 0 Å². The van der Waals surface area contributed by atoms with Gasteiger partial charge in [0.05, 0.1) is 0 Å². The summed E-state index contributed by atoms with van der Waals surface area (Å²) in [6.45, 7) is 2.69. The third-order valence-corrected chi connectivity index (χ3v) is 3.94. The predicted octanol–water partition coefficient (Wildman–Crippen LogP) is 3.41. The van der Waals surface area contributed by atoms with Crippen molar-refractivity contribution >= 4 is 5.91 Å². The van der Waals surface area contributed by atoms with Gasteiger partial charge in [0.15, 0.2) is 0 Å². The second-order valence-corrected chi connectivity index (χ2v) is 5.56. The van der Waals surface area contributed by atoms with E-state index in [2.05, 4.69) is 48.6 Å². The Kier molecular flexibility index (Phi) is 3.55. The molecule has 2 aromatic rings.